The number of amides is 1. The molecule has 1 amide bonds. The van der Waals surface area contributed by atoms with Crippen molar-refractivity contribution in [1.82, 2.24) is 4.90 Å². The van der Waals surface area contributed by atoms with Gasteiger partial charge in [-0.25, -0.2) is 4.39 Å². The summed E-state index contributed by atoms with van der Waals surface area (Å²) in [5.74, 6) is 0.565. The summed E-state index contributed by atoms with van der Waals surface area (Å²) in [6.07, 6.45) is 0.947. The Morgan fingerprint density at radius 2 is 1.70 bits per heavy atom. The van der Waals surface area contributed by atoms with E-state index in [4.69, 9.17) is 5.26 Å². The third-order valence-electron chi connectivity index (χ3n) is 6.65. The molecule has 0 aromatic heterocycles. The van der Waals surface area contributed by atoms with Gasteiger partial charge in [-0.15, -0.1) is 0 Å². The van der Waals surface area contributed by atoms with Gasteiger partial charge in [-0.2, -0.15) is 5.26 Å². The Morgan fingerprint density at radius 3 is 2.40 bits per heavy atom. The van der Waals surface area contributed by atoms with E-state index in [-0.39, 0.29) is 17.8 Å². The maximum absolute atomic E-state index is 13.3. The molecule has 3 nitrogen and oxygen atoms in total. The molecular formula is C26H21FN2O. The van der Waals surface area contributed by atoms with Crippen molar-refractivity contribution in [3.8, 4) is 17.2 Å². The van der Waals surface area contributed by atoms with Gasteiger partial charge in [0.25, 0.3) is 5.91 Å². The summed E-state index contributed by atoms with van der Waals surface area (Å²) in [5, 5.41) is 9.01. The molecule has 3 atom stereocenters. The highest BCUT2D eigenvalue weighted by molar-refractivity contribution is 5.95. The van der Waals surface area contributed by atoms with E-state index in [0.29, 0.717) is 23.0 Å². The fraction of sp³-hybridized carbons (Fsp3) is 0.231. The van der Waals surface area contributed by atoms with Crippen molar-refractivity contribution in [3.05, 3.63) is 94.8 Å². The SMILES string of the molecule is C[C@H]1C2CCN(C(=O)c3ccc(C#N)cc3)C1c1cc(-c3ccc(F)cc3)ccc12. The molecule has 0 spiro atoms. The average Bonchev–Trinajstić information content (AvgIpc) is 2.94. The van der Waals surface area contributed by atoms with Crippen LogP contribution in [0.1, 0.15) is 52.4 Å². The molecule has 1 fully saturated rings. The summed E-state index contributed by atoms with van der Waals surface area (Å²) in [7, 11) is 0. The number of rotatable bonds is 2. The molecule has 2 aliphatic rings. The van der Waals surface area contributed by atoms with Crippen LogP contribution in [0, 0.1) is 23.1 Å². The van der Waals surface area contributed by atoms with Crippen LogP contribution in [0.2, 0.25) is 0 Å². The van der Waals surface area contributed by atoms with Crippen LogP contribution in [0.5, 0.6) is 0 Å². The minimum atomic E-state index is -0.247. The number of carbonyl (C=O) groups excluding carboxylic acids is 1. The highest BCUT2D eigenvalue weighted by Crippen LogP contribution is 2.53. The van der Waals surface area contributed by atoms with Crippen molar-refractivity contribution in [2.75, 3.05) is 6.54 Å². The number of nitrogens with zero attached hydrogens (tertiary/aromatic N) is 2. The molecule has 5 rings (SSSR count). The highest BCUT2D eigenvalue weighted by Gasteiger charge is 2.46. The maximum atomic E-state index is 13.3. The Labute approximate surface area is 175 Å². The van der Waals surface area contributed by atoms with E-state index in [0.717, 1.165) is 24.1 Å². The average molecular weight is 396 g/mol. The molecule has 3 aromatic carbocycles. The third kappa shape index (κ3) is 2.90. The molecule has 1 saturated heterocycles. The lowest BCUT2D eigenvalue weighted by Gasteiger charge is -2.38. The van der Waals surface area contributed by atoms with Gasteiger partial charge in [0.1, 0.15) is 5.82 Å². The zero-order valence-electron chi connectivity index (χ0n) is 16.7. The maximum Gasteiger partial charge on any atom is 0.254 e. The molecule has 3 aromatic rings. The Morgan fingerprint density at radius 1 is 1.00 bits per heavy atom. The Bertz CT molecular complexity index is 1160. The molecule has 4 heteroatoms. The van der Waals surface area contributed by atoms with Gasteiger partial charge in [0.2, 0.25) is 0 Å². The van der Waals surface area contributed by atoms with Crippen LogP contribution >= 0.6 is 0 Å². The molecule has 148 valence electrons. The number of benzene rings is 3. The summed E-state index contributed by atoms with van der Waals surface area (Å²) in [6.45, 7) is 2.95. The minimum Gasteiger partial charge on any atom is -0.331 e. The van der Waals surface area contributed by atoms with Crippen LogP contribution in [-0.4, -0.2) is 17.4 Å². The predicted octanol–water partition coefficient (Wildman–Crippen LogP) is 5.68. The van der Waals surface area contributed by atoms with Crippen LogP contribution in [-0.2, 0) is 0 Å². The summed E-state index contributed by atoms with van der Waals surface area (Å²) >= 11 is 0. The van der Waals surface area contributed by atoms with E-state index < -0.39 is 0 Å². The lowest BCUT2D eigenvalue weighted by Crippen LogP contribution is -2.41. The molecule has 1 aliphatic heterocycles. The fourth-order valence-electron chi connectivity index (χ4n) is 5.15. The van der Waals surface area contributed by atoms with E-state index in [9.17, 15) is 9.18 Å². The van der Waals surface area contributed by atoms with E-state index in [2.05, 4.69) is 31.2 Å². The number of carbonyl (C=O) groups is 1. The first kappa shape index (κ1) is 18.6. The number of hydrogen-bond donors (Lipinski definition) is 0. The van der Waals surface area contributed by atoms with E-state index >= 15 is 0 Å². The first-order chi connectivity index (χ1) is 14.6. The van der Waals surface area contributed by atoms with Gasteiger partial charge in [0.05, 0.1) is 17.7 Å². The van der Waals surface area contributed by atoms with Crippen molar-refractivity contribution < 1.29 is 9.18 Å². The van der Waals surface area contributed by atoms with Gasteiger partial charge >= 0.3 is 0 Å². The monoisotopic (exact) mass is 396 g/mol. The smallest absolute Gasteiger partial charge is 0.254 e. The molecule has 1 heterocycles. The van der Waals surface area contributed by atoms with Gasteiger partial charge in [-0.05, 0) is 83.0 Å². The normalized spacial score (nSPS) is 21.8. The number of fused-ring (bicyclic) bond motifs is 5. The summed E-state index contributed by atoms with van der Waals surface area (Å²) in [6, 6.07) is 22.0. The lowest BCUT2D eigenvalue weighted by molar-refractivity contribution is 0.0524. The van der Waals surface area contributed by atoms with Gasteiger partial charge in [-0.3, -0.25) is 4.79 Å². The van der Waals surface area contributed by atoms with Gasteiger partial charge in [0, 0.05) is 12.1 Å². The van der Waals surface area contributed by atoms with Crippen LogP contribution in [0.15, 0.2) is 66.7 Å². The van der Waals surface area contributed by atoms with Crippen LogP contribution < -0.4 is 0 Å². The van der Waals surface area contributed by atoms with E-state index in [1.807, 2.05) is 4.90 Å². The lowest BCUT2D eigenvalue weighted by atomic mass is 9.85. The fourth-order valence-corrected chi connectivity index (χ4v) is 5.15. The number of nitriles is 1. The van der Waals surface area contributed by atoms with Crippen LogP contribution in [0.3, 0.4) is 0 Å². The third-order valence-corrected chi connectivity index (χ3v) is 6.65. The van der Waals surface area contributed by atoms with Gasteiger partial charge < -0.3 is 4.90 Å². The second-order valence-corrected chi connectivity index (χ2v) is 8.24. The Kier molecular flexibility index (Phi) is 4.40. The molecule has 0 saturated carbocycles. The summed E-state index contributed by atoms with van der Waals surface area (Å²) in [4.78, 5) is 15.3. The van der Waals surface area contributed by atoms with E-state index in [1.54, 1.807) is 36.4 Å². The van der Waals surface area contributed by atoms with E-state index in [1.165, 1.54) is 23.3 Å². The second-order valence-electron chi connectivity index (χ2n) is 8.24. The number of hydrogen-bond acceptors (Lipinski definition) is 2. The minimum absolute atomic E-state index is 0.00910. The highest BCUT2D eigenvalue weighted by atomic mass is 19.1. The molecule has 0 N–H and O–H groups in total. The van der Waals surface area contributed by atoms with Crippen LogP contribution in [0.4, 0.5) is 4.39 Å². The molecular weight excluding hydrogens is 375 g/mol. The molecule has 30 heavy (non-hydrogen) atoms. The Hall–Kier alpha value is -3.45. The zero-order chi connectivity index (χ0) is 20.8. The standard InChI is InChI=1S/C26H21FN2O/c1-16-22-12-13-29(26(30)19-4-2-17(15-28)3-5-19)25(16)24-14-20(8-11-23(22)24)18-6-9-21(27)10-7-18/h2-11,14,16,22,25H,12-13H2,1H3/t16-,22?,25?/m0/s1. The predicted molar refractivity (Wildman–Crippen MR) is 113 cm³/mol. The molecule has 0 radical (unpaired) electrons. The van der Waals surface area contributed by atoms with Crippen molar-refractivity contribution in [1.29, 1.82) is 5.26 Å². The van der Waals surface area contributed by atoms with Gasteiger partial charge in [-0.1, -0.05) is 31.2 Å². The van der Waals surface area contributed by atoms with Crippen molar-refractivity contribution >= 4 is 5.91 Å². The number of piperidine rings is 1. The van der Waals surface area contributed by atoms with Crippen molar-refractivity contribution in [3.63, 3.8) is 0 Å². The summed E-state index contributed by atoms with van der Waals surface area (Å²) in [5.41, 5.74) is 5.71. The second kappa shape index (κ2) is 7.11. The first-order valence-electron chi connectivity index (χ1n) is 10.3. The largest absolute Gasteiger partial charge is 0.331 e. The van der Waals surface area contributed by atoms with Crippen molar-refractivity contribution in [2.24, 2.45) is 5.92 Å². The summed E-state index contributed by atoms with van der Waals surface area (Å²) < 4.78 is 13.3. The van der Waals surface area contributed by atoms with Crippen LogP contribution in [0.25, 0.3) is 11.1 Å². The number of halogens is 1. The van der Waals surface area contributed by atoms with Crippen molar-refractivity contribution in [2.45, 2.75) is 25.3 Å². The number of likely N-dealkylation sites (tertiary alicyclic amines) is 1. The van der Waals surface area contributed by atoms with Gasteiger partial charge in [0.15, 0.2) is 0 Å². The molecule has 1 aliphatic carbocycles. The molecule has 2 unspecified atom stereocenters. The quantitative estimate of drug-likeness (QED) is 0.559. The first-order valence-corrected chi connectivity index (χ1v) is 10.3. The Balaban J connectivity index is 1.52. The zero-order valence-corrected chi connectivity index (χ0v) is 16.7. The topological polar surface area (TPSA) is 44.1 Å². The molecule has 2 bridgehead atoms.